The van der Waals surface area contributed by atoms with Gasteiger partial charge in [0, 0.05) is 24.7 Å². The van der Waals surface area contributed by atoms with E-state index in [1.165, 1.54) is 18.4 Å². The molecule has 0 aliphatic carbocycles. The van der Waals surface area contributed by atoms with Gasteiger partial charge in [-0.3, -0.25) is 4.90 Å². The number of likely N-dealkylation sites (tertiary alicyclic amines) is 2. The Balaban J connectivity index is 1.75. The van der Waals surface area contributed by atoms with E-state index in [1.54, 1.807) is 0 Å². The number of carbonyl (C=O) groups excluding carboxylic acids is 1. The SMILES string of the molecule is Cc1noc(C)c1CN1CCCCC1C1CCCN1C(=O)OC(C)(C)C. The first-order chi connectivity index (χ1) is 12.3. The number of aromatic nitrogens is 1. The van der Waals surface area contributed by atoms with E-state index >= 15 is 0 Å². The molecular weight excluding hydrogens is 330 g/mol. The summed E-state index contributed by atoms with van der Waals surface area (Å²) >= 11 is 0. The number of hydrogen-bond acceptors (Lipinski definition) is 5. The van der Waals surface area contributed by atoms with Crippen LogP contribution in [0.25, 0.3) is 0 Å². The first-order valence-electron chi connectivity index (χ1n) is 9.91. The van der Waals surface area contributed by atoms with Crippen LogP contribution in [0.4, 0.5) is 4.79 Å². The molecule has 2 aliphatic rings. The summed E-state index contributed by atoms with van der Waals surface area (Å²) in [6.07, 6.45) is 5.51. The number of rotatable bonds is 3. The lowest BCUT2D eigenvalue weighted by Crippen LogP contribution is -2.53. The highest BCUT2D eigenvalue weighted by Gasteiger charge is 2.40. The molecule has 2 fully saturated rings. The second kappa shape index (κ2) is 7.59. The van der Waals surface area contributed by atoms with Crippen LogP contribution in [0.15, 0.2) is 4.52 Å². The molecule has 2 saturated heterocycles. The molecule has 2 atom stereocenters. The van der Waals surface area contributed by atoms with Gasteiger partial charge in [0.15, 0.2) is 0 Å². The Hall–Kier alpha value is -1.56. The minimum Gasteiger partial charge on any atom is -0.444 e. The number of piperidine rings is 1. The van der Waals surface area contributed by atoms with Crippen LogP contribution >= 0.6 is 0 Å². The predicted molar refractivity (Wildman–Crippen MR) is 100.0 cm³/mol. The van der Waals surface area contributed by atoms with Gasteiger partial charge >= 0.3 is 6.09 Å². The Kier molecular flexibility index (Phi) is 5.61. The Morgan fingerprint density at radius 2 is 1.88 bits per heavy atom. The summed E-state index contributed by atoms with van der Waals surface area (Å²) in [6.45, 7) is 12.5. The minimum absolute atomic E-state index is 0.164. The third kappa shape index (κ3) is 4.22. The van der Waals surface area contributed by atoms with Gasteiger partial charge in [-0.15, -0.1) is 0 Å². The quantitative estimate of drug-likeness (QED) is 0.811. The van der Waals surface area contributed by atoms with Crippen LogP contribution in [0.3, 0.4) is 0 Å². The van der Waals surface area contributed by atoms with Gasteiger partial charge in [0.1, 0.15) is 11.4 Å². The standard InChI is InChI=1S/C20H33N3O3/c1-14-16(15(2)26-21-14)13-22-11-7-6-9-17(22)18-10-8-12-23(18)19(24)25-20(3,4)5/h17-18H,6-13H2,1-5H3. The lowest BCUT2D eigenvalue weighted by Gasteiger charge is -2.42. The summed E-state index contributed by atoms with van der Waals surface area (Å²) < 4.78 is 11.0. The van der Waals surface area contributed by atoms with Crippen molar-refractivity contribution in [1.82, 2.24) is 15.0 Å². The molecule has 6 heteroatoms. The molecular formula is C20H33N3O3. The van der Waals surface area contributed by atoms with Crippen LogP contribution in [0.5, 0.6) is 0 Å². The largest absolute Gasteiger partial charge is 0.444 e. The van der Waals surface area contributed by atoms with Crippen LogP contribution in [-0.4, -0.2) is 51.8 Å². The smallest absolute Gasteiger partial charge is 0.410 e. The molecule has 1 aromatic heterocycles. The summed E-state index contributed by atoms with van der Waals surface area (Å²) in [5, 5.41) is 4.10. The number of aryl methyl sites for hydroxylation is 2. The third-order valence-electron chi connectivity index (χ3n) is 5.58. The van der Waals surface area contributed by atoms with Crippen molar-refractivity contribution >= 4 is 6.09 Å². The molecule has 3 rings (SSSR count). The molecule has 146 valence electrons. The van der Waals surface area contributed by atoms with Gasteiger partial charge in [-0.1, -0.05) is 11.6 Å². The highest BCUT2D eigenvalue weighted by molar-refractivity contribution is 5.69. The van der Waals surface area contributed by atoms with Crippen molar-refractivity contribution in [2.24, 2.45) is 0 Å². The van der Waals surface area contributed by atoms with Crippen molar-refractivity contribution in [1.29, 1.82) is 0 Å². The molecule has 26 heavy (non-hydrogen) atoms. The van der Waals surface area contributed by atoms with Crippen molar-refractivity contribution in [3.8, 4) is 0 Å². The van der Waals surface area contributed by atoms with Crippen molar-refractivity contribution < 1.29 is 14.1 Å². The van der Waals surface area contributed by atoms with E-state index in [1.807, 2.05) is 39.5 Å². The van der Waals surface area contributed by atoms with E-state index in [9.17, 15) is 4.79 Å². The molecule has 0 radical (unpaired) electrons. The first-order valence-corrected chi connectivity index (χ1v) is 9.91. The van der Waals surface area contributed by atoms with E-state index < -0.39 is 5.60 Å². The lowest BCUT2D eigenvalue weighted by molar-refractivity contribution is 0.00633. The molecule has 0 aromatic carbocycles. The highest BCUT2D eigenvalue weighted by Crippen LogP contribution is 2.32. The Bertz CT molecular complexity index is 615. The molecule has 2 aliphatic heterocycles. The highest BCUT2D eigenvalue weighted by atomic mass is 16.6. The monoisotopic (exact) mass is 363 g/mol. The lowest BCUT2D eigenvalue weighted by atomic mass is 9.93. The van der Waals surface area contributed by atoms with E-state index in [-0.39, 0.29) is 12.1 Å². The van der Waals surface area contributed by atoms with Crippen LogP contribution in [0, 0.1) is 13.8 Å². The maximum Gasteiger partial charge on any atom is 0.410 e. The normalized spacial score (nSPS) is 24.9. The Morgan fingerprint density at radius 3 is 2.54 bits per heavy atom. The topological polar surface area (TPSA) is 58.8 Å². The van der Waals surface area contributed by atoms with Gasteiger partial charge < -0.3 is 14.2 Å². The summed E-state index contributed by atoms with van der Waals surface area (Å²) in [7, 11) is 0. The zero-order valence-electron chi connectivity index (χ0n) is 16.9. The van der Waals surface area contributed by atoms with E-state index in [0.717, 1.165) is 50.4 Å². The Labute approximate surface area is 156 Å². The summed E-state index contributed by atoms with van der Waals surface area (Å²) in [5.41, 5.74) is 1.72. The fourth-order valence-electron chi connectivity index (χ4n) is 4.32. The van der Waals surface area contributed by atoms with Crippen molar-refractivity contribution in [3.05, 3.63) is 17.0 Å². The van der Waals surface area contributed by atoms with Crippen molar-refractivity contribution in [2.45, 2.75) is 91.0 Å². The molecule has 0 spiro atoms. The average molecular weight is 364 g/mol. The van der Waals surface area contributed by atoms with E-state index in [4.69, 9.17) is 9.26 Å². The Morgan fingerprint density at radius 1 is 1.15 bits per heavy atom. The second-order valence-corrected chi connectivity index (χ2v) is 8.72. The van der Waals surface area contributed by atoms with Crippen molar-refractivity contribution in [3.63, 3.8) is 0 Å². The average Bonchev–Trinajstić information content (AvgIpc) is 3.16. The molecule has 0 N–H and O–H groups in total. The van der Waals surface area contributed by atoms with Gasteiger partial charge in [-0.25, -0.2) is 4.79 Å². The van der Waals surface area contributed by atoms with Gasteiger partial charge in [0.25, 0.3) is 0 Å². The van der Waals surface area contributed by atoms with Gasteiger partial charge in [0.05, 0.1) is 11.7 Å². The fraction of sp³-hybridized carbons (Fsp3) is 0.800. The number of amides is 1. The van der Waals surface area contributed by atoms with Crippen LogP contribution in [-0.2, 0) is 11.3 Å². The molecule has 0 saturated carbocycles. The van der Waals surface area contributed by atoms with E-state index in [0.29, 0.717) is 6.04 Å². The molecule has 1 amide bonds. The van der Waals surface area contributed by atoms with Gasteiger partial charge in [-0.2, -0.15) is 0 Å². The summed E-state index contributed by atoms with van der Waals surface area (Å²) in [4.78, 5) is 17.2. The summed E-state index contributed by atoms with van der Waals surface area (Å²) in [6, 6.07) is 0.623. The fourth-order valence-corrected chi connectivity index (χ4v) is 4.32. The predicted octanol–water partition coefficient (Wildman–Crippen LogP) is 4.05. The molecule has 2 unspecified atom stereocenters. The molecule has 0 bridgehead atoms. The number of nitrogens with zero attached hydrogens (tertiary/aromatic N) is 3. The van der Waals surface area contributed by atoms with Crippen LogP contribution < -0.4 is 0 Å². The molecule has 1 aromatic rings. The van der Waals surface area contributed by atoms with Gasteiger partial charge in [0.2, 0.25) is 0 Å². The minimum atomic E-state index is -0.451. The first kappa shape index (κ1) is 19.2. The molecule has 3 heterocycles. The second-order valence-electron chi connectivity index (χ2n) is 8.72. The third-order valence-corrected chi connectivity index (χ3v) is 5.58. The maximum atomic E-state index is 12.7. The van der Waals surface area contributed by atoms with Crippen LogP contribution in [0.1, 0.15) is 69.9 Å². The number of hydrogen-bond donors (Lipinski definition) is 0. The van der Waals surface area contributed by atoms with E-state index in [2.05, 4.69) is 10.1 Å². The number of ether oxygens (including phenoxy) is 1. The number of carbonyl (C=O) groups is 1. The zero-order chi connectivity index (χ0) is 18.9. The van der Waals surface area contributed by atoms with Crippen molar-refractivity contribution in [2.75, 3.05) is 13.1 Å². The van der Waals surface area contributed by atoms with Crippen LogP contribution in [0.2, 0.25) is 0 Å². The maximum absolute atomic E-state index is 12.7. The molecule has 6 nitrogen and oxygen atoms in total. The summed E-state index contributed by atoms with van der Waals surface area (Å²) in [5.74, 6) is 0.905. The zero-order valence-corrected chi connectivity index (χ0v) is 16.9. The van der Waals surface area contributed by atoms with Gasteiger partial charge in [-0.05, 0) is 66.8 Å².